The lowest BCUT2D eigenvalue weighted by molar-refractivity contribution is -0.646. The highest BCUT2D eigenvalue weighted by atomic mass is 32.2. The zero-order valence-corrected chi connectivity index (χ0v) is 41.7. The molecule has 73 heavy (non-hydrogen) atoms. The molecule has 0 bridgehead atoms. The van der Waals surface area contributed by atoms with Crippen molar-refractivity contribution in [2.75, 3.05) is 58.1 Å². The van der Waals surface area contributed by atoms with Crippen LogP contribution in [0.5, 0.6) is 0 Å². The summed E-state index contributed by atoms with van der Waals surface area (Å²) in [6.45, 7) is -2.17. The molecule has 0 amide bonds. The number of aromatic amines is 2. The zero-order valence-electron chi connectivity index (χ0n) is 38.2. The zero-order chi connectivity index (χ0) is 52.7. The van der Waals surface area contributed by atoms with Gasteiger partial charge in [0.05, 0.1) is 56.6 Å². The van der Waals surface area contributed by atoms with E-state index in [2.05, 4.69) is 33.5 Å². The van der Waals surface area contributed by atoms with Gasteiger partial charge in [-0.25, -0.2) is 37.8 Å². The number of aromatic nitrogens is 10. The van der Waals surface area contributed by atoms with Gasteiger partial charge in [-0.05, 0) is 6.42 Å². The van der Waals surface area contributed by atoms with Crippen LogP contribution in [0.3, 0.4) is 0 Å². The molecule has 3 saturated heterocycles. The van der Waals surface area contributed by atoms with Gasteiger partial charge in [0.2, 0.25) is 18.5 Å². The molecule has 5 aromatic rings. The molecule has 38 heteroatoms. The maximum absolute atomic E-state index is 13.2. The summed E-state index contributed by atoms with van der Waals surface area (Å²) in [7, 11) is -13.6. The number of thioether (sulfide) groups is 1. The maximum atomic E-state index is 13.2. The van der Waals surface area contributed by atoms with Crippen molar-refractivity contribution in [2.24, 2.45) is 13.0 Å². The van der Waals surface area contributed by atoms with Crippen LogP contribution in [-0.2, 0) is 66.8 Å². The second kappa shape index (κ2) is 22.0. The second-order valence-electron chi connectivity index (χ2n) is 16.4. The molecule has 3 aliphatic heterocycles. The first-order valence-electron chi connectivity index (χ1n) is 21.4. The molecule has 402 valence electrons. The Balaban J connectivity index is 0.914. The van der Waals surface area contributed by atoms with Crippen LogP contribution in [0.2, 0.25) is 0 Å². The second-order valence-corrected chi connectivity index (χ2v) is 22.1. The van der Waals surface area contributed by atoms with Crippen LogP contribution in [0.4, 0.5) is 11.8 Å². The molecule has 4 unspecified atom stereocenters. The summed E-state index contributed by atoms with van der Waals surface area (Å²) in [5.41, 5.74) is 9.98. The molecule has 0 spiro atoms. The number of rotatable bonds is 22. The normalized spacial score (nSPS) is 30.0. The molecule has 8 heterocycles. The van der Waals surface area contributed by atoms with E-state index in [1.165, 1.54) is 47.6 Å². The molecular formula is C35H49N12O22P3S. The number of anilines is 2. The highest BCUT2D eigenvalue weighted by Gasteiger charge is 2.51. The van der Waals surface area contributed by atoms with Crippen molar-refractivity contribution in [2.45, 2.75) is 73.1 Å². The van der Waals surface area contributed by atoms with E-state index in [1.54, 1.807) is 0 Å². The number of methoxy groups -OCH3 is 2. The number of hydrogen-bond acceptors (Lipinski definition) is 27. The number of nitrogen functional groups attached to an aromatic ring is 2. The van der Waals surface area contributed by atoms with Crippen molar-refractivity contribution in [3.8, 4) is 0 Å². The summed E-state index contributed by atoms with van der Waals surface area (Å²) in [6.07, 6.45) is -8.10. The molecule has 34 nitrogen and oxygen atoms in total. The number of hydrogen-bond donors (Lipinski definition) is 9. The third kappa shape index (κ3) is 11.9. The number of fused-ring (bicyclic) bond motifs is 2. The summed E-state index contributed by atoms with van der Waals surface area (Å²) in [4.78, 5) is 91.5. The average molecular weight is 1110 g/mol. The summed E-state index contributed by atoms with van der Waals surface area (Å²) in [5, 5.41) is 31.8. The van der Waals surface area contributed by atoms with Crippen molar-refractivity contribution in [3.05, 3.63) is 62.4 Å². The number of nitrogens with one attached hydrogen (secondary N) is 2. The molecule has 0 radical (unpaired) electrons. The van der Waals surface area contributed by atoms with Gasteiger partial charge >= 0.3 is 26.9 Å². The number of H-pyrrole nitrogens is 2. The van der Waals surface area contributed by atoms with E-state index in [1.807, 2.05) is 4.98 Å². The van der Waals surface area contributed by atoms with Crippen molar-refractivity contribution in [3.63, 3.8) is 0 Å². The standard InChI is InChI=1S/C35H49N12O22P3S/c1-44-13-47(29-21(44)30(52)43-34(37)42-29)31-22(49)15(5-7-60-2)16(65-31)9-63-70(54,55)68-72(58,59)69-71(56,57)64-10-18-26(25(61-3)33(67-18)46-12-40-20-27(36)38-11-39-28(20)46)73-14-62-8-17-23(50)24(51)32(66-17)45-6-4-19(48)41-35(45)53/h4,6,11-13,15-18,22-26,31-33,49-51H,5,7-10,14H2,1-3H3,(H8-,36,37,38,39,41,42,43,48,52,53,54,55,56,57,58,59)/t15-,16-,17-,18?,22-,23-,24-,25-,26-,31-,32-,33-/m1/s1. The number of aliphatic hydroxyl groups is 3. The van der Waals surface area contributed by atoms with Gasteiger partial charge in [-0.1, -0.05) is 0 Å². The number of ether oxygens (including phenoxy) is 6. The number of phosphoric acid groups is 3. The van der Waals surface area contributed by atoms with Gasteiger partial charge in [0.25, 0.3) is 24.5 Å². The first-order chi connectivity index (χ1) is 34.5. The molecule has 0 aromatic carbocycles. The Morgan fingerprint density at radius 3 is 2.29 bits per heavy atom. The van der Waals surface area contributed by atoms with E-state index < -0.39 is 126 Å². The molecular weight excluding hydrogens is 1070 g/mol. The van der Waals surface area contributed by atoms with Gasteiger partial charge in [0.15, 0.2) is 23.9 Å². The molecule has 15 atom stereocenters. The number of imidazole rings is 2. The van der Waals surface area contributed by atoms with Crippen molar-refractivity contribution in [1.29, 1.82) is 0 Å². The Morgan fingerprint density at radius 2 is 1.56 bits per heavy atom. The fraction of sp³-hybridized carbons (Fsp3) is 0.600. The lowest BCUT2D eigenvalue weighted by Gasteiger charge is -2.27. The minimum absolute atomic E-state index is 0.00978. The number of aryl methyl sites for hydroxylation is 1. The Hall–Kier alpha value is -4.42. The van der Waals surface area contributed by atoms with Gasteiger partial charge < -0.3 is 74.4 Å². The topological polar surface area (TPSA) is 473 Å². The molecule has 5 aromatic heterocycles. The van der Waals surface area contributed by atoms with Crippen LogP contribution in [0, 0.1) is 5.92 Å². The summed E-state index contributed by atoms with van der Waals surface area (Å²) >= 11 is 0.983. The number of phosphoric ester groups is 2. The predicted octanol–water partition coefficient (Wildman–Crippen LogP) is -3.64. The molecule has 3 fully saturated rings. The first-order valence-corrected chi connectivity index (χ1v) is 26.9. The number of nitrogens with zero attached hydrogens (tertiary/aromatic N) is 8. The van der Waals surface area contributed by atoms with E-state index >= 15 is 0 Å². The summed E-state index contributed by atoms with van der Waals surface area (Å²) < 4.78 is 97.3. The molecule has 11 N–H and O–H groups in total. The van der Waals surface area contributed by atoms with Crippen LogP contribution in [0.25, 0.3) is 22.3 Å². The van der Waals surface area contributed by atoms with Crippen molar-refractivity contribution >= 4 is 69.3 Å². The van der Waals surface area contributed by atoms with Crippen molar-refractivity contribution < 1.29 is 94.4 Å². The van der Waals surface area contributed by atoms with E-state index in [4.69, 9.17) is 48.9 Å². The minimum atomic E-state index is -6.11. The van der Waals surface area contributed by atoms with Crippen LogP contribution in [0.1, 0.15) is 25.1 Å². The van der Waals surface area contributed by atoms with E-state index in [0.717, 1.165) is 34.9 Å². The molecule has 0 aliphatic carbocycles. The Kier molecular flexibility index (Phi) is 16.6. The number of nitrogens with two attached hydrogens (primary N) is 2. The van der Waals surface area contributed by atoms with Crippen LogP contribution in [-0.4, -0.2) is 163 Å². The summed E-state index contributed by atoms with van der Waals surface area (Å²) in [5.74, 6) is -1.39. The molecule has 0 saturated carbocycles. The highest BCUT2D eigenvalue weighted by Crippen LogP contribution is 2.67. The van der Waals surface area contributed by atoms with E-state index in [-0.39, 0.29) is 59.7 Å². The number of aliphatic hydroxyl groups excluding tert-OH is 3. The van der Waals surface area contributed by atoms with Crippen LogP contribution < -0.4 is 37.7 Å². The van der Waals surface area contributed by atoms with Gasteiger partial charge in [0, 0.05) is 39.0 Å². The lowest BCUT2D eigenvalue weighted by atomic mass is 9.95. The molecule has 3 aliphatic rings. The van der Waals surface area contributed by atoms with E-state index in [9.17, 15) is 58.1 Å². The maximum Gasteiger partial charge on any atom is 0.487 e. The first kappa shape index (κ1) is 54.8. The lowest BCUT2D eigenvalue weighted by Crippen LogP contribution is -2.37. The monoisotopic (exact) mass is 1110 g/mol. The fourth-order valence-electron chi connectivity index (χ4n) is 8.49. The highest BCUT2D eigenvalue weighted by molar-refractivity contribution is 7.99. The minimum Gasteiger partial charge on any atom is -0.756 e. The Labute approximate surface area is 412 Å². The van der Waals surface area contributed by atoms with Gasteiger partial charge in [-0.2, -0.15) is 13.9 Å². The van der Waals surface area contributed by atoms with Crippen molar-refractivity contribution in [1.82, 2.24) is 43.6 Å². The van der Waals surface area contributed by atoms with Gasteiger partial charge in [-0.15, -0.1) is 11.8 Å². The third-order valence-electron chi connectivity index (χ3n) is 11.8. The quantitative estimate of drug-likeness (QED) is 0.0140. The average Bonchev–Trinajstić information content (AvgIpc) is 4.11. The Bertz CT molecular complexity index is 3120. The fourth-order valence-corrected chi connectivity index (χ4v) is 13.1. The predicted molar refractivity (Wildman–Crippen MR) is 241 cm³/mol. The summed E-state index contributed by atoms with van der Waals surface area (Å²) in [6, 6.07) is 1.02. The van der Waals surface area contributed by atoms with Gasteiger partial charge in [-0.3, -0.25) is 37.8 Å². The van der Waals surface area contributed by atoms with E-state index in [0.29, 0.717) is 0 Å². The van der Waals surface area contributed by atoms with Crippen LogP contribution in [0.15, 0.2) is 45.6 Å². The SMILES string of the molecule is COCC[C@H]1[C@@H](O)[C@H](n2c[n+](C)c3c(=O)[nH]c(N)nc32)O[C@@H]1COP(=O)([O-])OP(=O)(O)OP(=O)(O)OCC1O[C@@H](n2cnc3c(N)ncnc32)[C@H](OC)[C@@H]1SCOC[C@H]1O[C@@H](n2ccc(=O)[nH]c2=O)[C@H](O)[C@@H]1O. The smallest absolute Gasteiger partial charge is 0.487 e. The third-order valence-corrected chi connectivity index (χ3v) is 17.2. The molecule has 8 rings (SSSR count). The Morgan fingerprint density at radius 1 is 0.849 bits per heavy atom. The van der Waals surface area contributed by atoms with Crippen LogP contribution >= 0.6 is 35.2 Å². The largest absolute Gasteiger partial charge is 0.756 e. The van der Waals surface area contributed by atoms with Gasteiger partial charge in [0.1, 0.15) is 42.4 Å².